The van der Waals surface area contributed by atoms with Crippen LogP contribution in [0.4, 0.5) is 5.69 Å². The topological polar surface area (TPSA) is 29.1 Å². The van der Waals surface area contributed by atoms with Crippen LogP contribution in [0.1, 0.15) is 16.7 Å². The first-order valence-electron chi connectivity index (χ1n) is 6.36. The average Bonchev–Trinajstić information content (AvgIpc) is 2.38. The largest absolute Gasteiger partial charge is 0.321 e. The summed E-state index contributed by atoms with van der Waals surface area (Å²) in [6.45, 7) is 3.98. The molecule has 3 heteroatoms. The second kappa shape index (κ2) is 6.40. The van der Waals surface area contributed by atoms with E-state index in [2.05, 4.69) is 11.4 Å². The lowest BCUT2D eigenvalue weighted by molar-refractivity contribution is -0.112. The van der Waals surface area contributed by atoms with Gasteiger partial charge in [0.1, 0.15) is 5.03 Å². The van der Waals surface area contributed by atoms with E-state index < -0.39 is 0 Å². The predicted octanol–water partition coefficient (Wildman–Crippen LogP) is 4.52. The van der Waals surface area contributed by atoms with Gasteiger partial charge >= 0.3 is 0 Å². The molecule has 0 bridgehead atoms. The van der Waals surface area contributed by atoms with Crippen molar-refractivity contribution >= 4 is 29.3 Å². The molecule has 0 aliphatic heterocycles. The van der Waals surface area contributed by atoms with Crippen LogP contribution in [0.3, 0.4) is 0 Å². The fourth-order valence-electron chi connectivity index (χ4n) is 2.00. The van der Waals surface area contributed by atoms with E-state index >= 15 is 0 Å². The molecule has 102 valence electrons. The molecule has 1 amide bonds. The summed E-state index contributed by atoms with van der Waals surface area (Å²) < 4.78 is 0. The number of hydrogen-bond acceptors (Lipinski definition) is 1. The maximum absolute atomic E-state index is 12.0. The number of anilines is 1. The van der Waals surface area contributed by atoms with Crippen molar-refractivity contribution in [2.24, 2.45) is 0 Å². The Labute approximate surface area is 124 Å². The third kappa shape index (κ3) is 3.97. The van der Waals surface area contributed by atoms with E-state index in [0.29, 0.717) is 0 Å². The molecule has 2 rings (SSSR count). The van der Waals surface area contributed by atoms with Crippen LogP contribution in [0.2, 0.25) is 0 Å². The molecule has 0 spiro atoms. The van der Waals surface area contributed by atoms with Gasteiger partial charge in [0, 0.05) is 5.69 Å². The summed E-state index contributed by atoms with van der Waals surface area (Å²) in [5.74, 6) is -0.305. The fourth-order valence-corrected chi connectivity index (χ4v) is 2.17. The first-order valence-corrected chi connectivity index (χ1v) is 6.74. The van der Waals surface area contributed by atoms with Gasteiger partial charge in [0.15, 0.2) is 0 Å². The maximum atomic E-state index is 12.0. The molecule has 0 heterocycles. The van der Waals surface area contributed by atoms with Crippen LogP contribution < -0.4 is 5.32 Å². The molecule has 0 aromatic heterocycles. The molecule has 2 aromatic rings. The molecule has 1 N–H and O–H groups in total. The highest BCUT2D eigenvalue weighted by Crippen LogP contribution is 2.17. The smallest absolute Gasteiger partial charge is 0.267 e. The van der Waals surface area contributed by atoms with Crippen LogP contribution in [0, 0.1) is 13.8 Å². The number of rotatable bonds is 3. The highest BCUT2D eigenvalue weighted by molar-refractivity contribution is 6.45. The van der Waals surface area contributed by atoms with E-state index in [1.165, 1.54) is 0 Å². The Balaban J connectivity index is 2.13. The zero-order valence-corrected chi connectivity index (χ0v) is 12.2. The number of aryl methyl sites for hydroxylation is 2. The molecule has 2 nitrogen and oxygen atoms in total. The Kier molecular flexibility index (Phi) is 4.59. The number of benzene rings is 2. The minimum Gasteiger partial charge on any atom is -0.321 e. The lowest BCUT2D eigenvalue weighted by Crippen LogP contribution is -2.11. The zero-order chi connectivity index (χ0) is 14.5. The van der Waals surface area contributed by atoms with Crippen molar-refractivity contribution in [3.8, 4) is 0 Å². The molecule has 0 radical (unpaired) electrons. The summed E-state index contributed by atoms with van der Waals surface area (Å²) in [4.78, 5) is 12.0. The normalized spacial score (nSPS) is 11.2. The Morgan fingerprint density at radius 1 is 1.05 bits per heavy atom. The molecule has 0 aliphatic rings. The number of carbonyl (C=O) groups is 1. The summed E-state index contributed by atoms with van der Waals surface area (Å²) in [6.07, 6.45) is 1.65. The summed E-state index contributed by atoms with van der Waals surface area (Å²) in [5, 5.41) is 2.97. The summed E-state index contributed by atoms with van der Waals surface area (Å²) in [6, 6.07) is 15.4. The molecule has 2 aromatic carbocycles. The third-order valence-corrected chi connectivity index (χ3v) is 3.07. The summed E-state index contributed by atoms with van der Waals surface area (Å²) in [5.41, 5.74) is 3.85. The molecule has 0 unspecified atom stereocenters. The maximum Gasteiger partial charge on any atom is 0.267 e. The lowest BCUT2D eigenvalue weighted by Gasteiger charge is -2.07. The summed E-state index contributed by atoms with van der Waals surface area (Å²) >= 11 is 6.04. The van der Waals surface area contributed by atoms with Crippen LogP contribution in [0.15, 0.2) is 53.6 Å². The Bertz CT molecular complexity index is 627. The highest BCUT2D eigenvalue weighted by atomic mass is 35.5. The minimum atomic E-state index is -0.305. The molecular weight excluding hydrogens is 270 g/mol. The second-order valence-corrected chi connectivity index (χ2v) is 5.14. The van der Waals surface area contributed by atoms with E-state index in [1.54, 1.807) is 6.08 Å². The highest BCUT2D eigenvalue weighted by Gasteiger charge is 2.07. The van der Waals surface area contributed by atoms with Crippen molar-refractivity contribution in [3.05, 3.63) is 70.3 Å². The van der Waals surface area contributed by atoms with Gasteiger partial charge in [-0.05, 0) is 48.7 Å². The SMILES string of the molecule is Cc1cc(C)cc(NC(=O)/C(Cl)=C/c2ccccc2)c1. The monoisotopic (exact) mass is 285 g/mol. The van der Waals surface area contributed by atoms with E-state index in [0.717, 1.165) is 22.4 Å². The number of carbonyl (C=O) groups excluding carboxylic acids is 1. The van der Waals surface area contributed by atoms with Crippen LogP contribution in [-0.4, -0.2) is 5.91 Å². The van der Waals surface area contributed by atoms with Gasteiger partial charge < -0.3 is 5.32 Å². The fraction of sp³-hybridized carbons (Fsp3) is 0.118. The molecule has 20 heavy (non-hydrogen) atoms. The number of amides is 1. The lowest BCUT2D eigenvalue weighted by atomic mass is 10.1. The van der Waals surface area contributed by atoms with E-state index in [4.69, 9.17) is 11.6 Å². The number of nitrogens with one attached hydrogen (secondary N) is 1. The van der Waals surface area contributed by atoms with Crippen molar-refractivity contribution < 1.29 is 4.79 Å². The van der Waals surface area contributed by atoms with Crippen LogP contribution in [0.5, 0.6) is 0 Å². The first kappa shape index (κ1) is 14.4. The van der Waals surface area contributed by atoms with E-state index in [-0.39, 0.29) is 10.9 Å². The van der Waals surface area contributed by atoms with E-state index in [1.807, 2.05) is 56.3 Å². The molecule has 0 saturated heterocycles. The van der Waals surface area contributed by atoms with Gasteiger partial charge in [0.25, 0.3) is 5.91 Å². The third-order valence-electron chi connectivity index (χ3n) is 2.79. The predicted molar refractivity (Wildman–Crippen MR) is 84.8 cm³/mol. The van der Waals surface area contributed by atoms with Crippen LogP contribution >= 0.6 is 11.6 Å². The van der Waals surface area contributed by atoms with Crippen molar-refractivity contribution in [1.82, 2.24) is 0 Å². The summed E-state index contributed by atoms with van der Waals surface area (Å²) in [7, 11) is 0. The molecular formula is C17H16ClNO. The Hall–Kier alpha value is -2.06. The van der Waals surface area contributed by atoms with Gasteiger partial charge in [-0.3, -0.25) is 4.79 Å². The van der Waals surface area contributed by atoms with Crippen molar-refractivity contribution in [3.63, 3.8) is 0 Å². The van der Waals surface area contributed by atoms with Gasteiger partial charge in [-0.25, -0.2) is 0 Å². The van der Waals surface area contributed by atoms with Crippen molar-refractivity contribution in [2.45, 2.75) is 13.8 Å². The molecule has 0 aliphatic carbocycles. The van der Waals surface area contributed by atoms with Crippen molar-refractivity contribution in [1.29, 1.82) is 0 Å². The average molecular weight is 286 g/mol. The zero-order valence-electron chi connectivity index (χ0n) is 11.5. The number of halogens is 1. The molecule has 0 atom stereocenters. The number of hydrogen-bond donors (Lipinski definition) is 1. The molecule has 0 saturated carbocycles. The quantitative estimate of drug-likeness (QED) is 0.825. The van der Waals surface area contributed by atoms with Gasteiger partial charge in [-0.15, -0.1) is 0 Å². The van der Waals surface area contributed by atoms with Gasteiger partial charge in [0.05, 0.1) is 0 Å². The Morgan fingerprint density at radius 3 is 2.25 bits per heavy atom. The molecule has 0 fully saturated rings. The second-order valence-electron chi connectivity index (χ2n) is 4.73. The minimum absolute atomic E-state index is 0.162. The van der Waals surface area contributed by atoms with Gasteiger partial charge in [-0.1, -0.05) is 48.0 Å². The Morgan fingerprint density at radius 2 is 1.65 bits per heavy atom. The van der Waals surface area contributed by atoms with Crippen molar-refractivity contribution in [2.75, 3.05) is 5.32 Å². The van der Waals surface area contributed by atoms with Gasteiger partial charge in [0.2, 0.25) is 0 Å². The standard InChI is InChI=1S/C17H16ClNO/c1-12-8-13(2)10-15(9-12)19-17(20)16(18)11-14-6-4-3-5-7-14/h3-11H,1-2H3,(H,19,20)/b16-11-. The van der Waals surface area contributed by atoms with Crippen LogP contribution in [-0.2, 0) is 4.79 Å². The van der Waals surface area contributed by atoms with E-state index in [9.17, 15) is 4.79 Å². The first-order chi connectivity index (χ1) is 9.54. The van der Waals surface area contributed by atoms with Crippen LogP contribution in [0.25, 0.3) is 6.08 Å². The van der Waals surface area contributed by atoms with Gasteiger partial charge in [-0.2, -0.15) is 0 Å².